The molecule has 0 spiro atoms. The first kappa shape index (κ1) is 16.1. The van der Waals surface area contributed by atoms with Crippen LogP contribution in [0.15, 0.2) is 48.8 Å². The molecule has 25 heavy (non-hydrogen) atoms. The summed E-state index contributed by atoms with van der Waals surface area (Å²) < 4.78 is 32.4. The molecule has 2 N–H and O–H groups in total. The highest BCUT2D eigenvalue weighted by Crippen LogP contribution is 2.28. The van der Waals surface area contributed by atoms with Gasteiger partial charge in [-0.25, -0.2) is 13.4 Å². The number of fused-ring (bicyclic) bond motifs is 1. The SMILES string of the molecule is O=S(=O)(CC1CCOC1)Nc1ccc(-c2ccnc3[nH]ccc23)cc1. The van der Waals surface area contributed by atoms with Gasteiger partial charge in [0, 0.05) is 36.0 Å². The van der Waals surface area contributed by atoms with Crippen molar-refractivity contribution in [3.63, 3.8) is 0 Å². The van der Waals surface area contributed by atoms with Crippen molar-refractivity contribution in [3.8, 4) is 11.1 Å². The number of hydrogen-bond acceptors (Lipinski definition) is 4. The molecule has 1 aliphatic heterocycles. The van der Waals surface area contributed by atoms with Gasteiger partial charge in [0.15, 0.2) is 0 Å². The first-order valence-corrected chi connectivity index (χ1v) is 9.87. The second kappa shape index (κ2) is 6.50. The van der Waals surface area contributed by atoms with Crippen LogP contribution in [0, 0.1) is 5.92 Å². The van der Waals surface area contributed by atoms with Crippen molar-refractivity contribution in [3.05, 3.63) is 48.8 Å². The van der Waals surface area contributed by atoms with Gasteiger partial charge in [0.1, 0.15) is 5.65 Å². The van der Waals surface area contributed by atoms with Crippen LogP contribution in [0.4, 0.5) is 5.69 Å². The Balaban J connectivity index is 1.53. The Labute approximate surface area is 146 Å². The molecule has 1 fully saturated rings. The summed E-state index contributed by atoms with van der Waals surface area (Å²) in [6.07, 6.45) is 4.42. The van der Waals surface area contributed by atoms with E-state index in [-0.39, 0.29) is 11.7 Å². The summed E-state index contributed by atoms with van der Waals surface area (Å²) in [5, 5.41) is 1.04. The summed E-state index contributed by atoms with van der Waals surface area (Å²) >= 11 is 0. The second-order valence-electron chi connectivity index (χ2n) is 6.29. The number of sulfonamides is 1. The van der Waals surface area contributed by atoms with Gasteiger partial charge in [-0.15, -0.1) is 0 Å². The standard InChI is InChI=1S/C18H19N3O3S/c22-25(23,12-13-7-10-24-11-13)21-15-3-1-14(2-4-15)16-5-8-19-18-17(16)6-9-20-18/h1-6,8-9,13,21H,7,10-12H2,(H,19,20). The van der Waals surface area contributed by atoms with Crippen LogP contribution in [0.1, 0.15) is 6.42 Å². The van der Waals surface area contributed by atoms with Crippen LogP contribution < -0.4 is 4.72 Å². The van der Waals surface area contributed by atoms with Gasteiger partial charge in [0.2, 0.25) is 10.0 Å². The largest absolute Gasteiger partial charge is 0.381 e. The van der Waals surface area contributed by atoms with E-state index < -0.39 is 10.0 Å². The molecule has 1 aromatic carbocycles. The molecule has 130 valence electrons. The monoisotopic (exact) mass is 357 g/mol. The van der Waals surface area contributed by atoms with Crippen LogP contribution in [0.5, 0.6) is 0 Å². The molecule has 7 heteroatoms. The second-order valence-corrected chi connectivity index (χ2v) is 8.06. The summed E-state index contributed by atoms with van der Waals surface area (Å²) in [7, 11) is -3.37. The molecule has 0 bridgehead atoms. The van der Waals surface area contributed by atoms with Crippen LogP contribution in [-0.4, -0.2) is 37.4 Å². The fraction of sp³-hybridized carbons (Fsp3) is 0.278. The minimum atomic E-state index is -3.37. The number of pyridine rings is 1. The third-order valence-electron chi connectivity index (χ3n) is 4.41. The number of ether oxygens (including phenoxy) is 1. The maximum atomic E-state index is 12.3. The zero-order valence-corrected chi connectivity index (χ0v) is 14.4. The summed E-state index contributed by atoms with van der Waals surface area (Å²) in [6, 6.07) is 11.3. The lowest BCUT2D eigenvalue weighted by Gasteiger charge is -2.12. The number of rotatable bonds is 5. The van der Waals surface area contributed by atoms with E-state index in [9.17, 15) is 8.42 Å². The average Bonchev–Trinajstić information content (AvgIpc) is 3.25. The van der Waals surface area contributed by atoms with Gasteiger partial charge in [0.05, 0.1) is 12.4 Å². The van der Waals surface area contributed by atoms with Crippen LogP contribution in [-0.2, 0) is 14.8 Å². The quantitative estimate of drug-likeness (QED) is 0.735. The molecule has 1 unspecified atom stereocenters. The lowest BCUT2D eigenvalue weighted by molar-refractivity contribution is 0.188. The molecule has 0 amide bonds. The smallest absolute Gasteiger partial charge is 0.233 e. The number of benzene rings is 1. The van der Waals surface area contributed by atoms with Gasteiger partial charge in [-0.05, 0) is 41.8 Å². The first-order valence-electron chi connectivity index (χ1n) is 8.21. The van der Waals surface area contributed by atoms with Crippen molar-refractivity contribution < 1.29 is 13.2 Å². The molecular weight excluding hydrogens is 338 g/mol. The third-order valence-corrected chi connectivity index (χ3v) is 5.87. The fourth-order valence-corrected chi connectivity index (χ4v) is 4.64. The van der Waals surface area contributed by atoms with Gasteiger partial charge >= 0.3 is 0 Å². The Hall–Kier alpha value is -2.38. The van der Waals surface area contributed by atoms with Crippen molar-refractivity contribution in [2.75, 3.05) is 23.7 Å². The summed E-state index contributed by atoms with van der Waals surface area (Å²) in [5.41, 5.74) is 3.48. The van der Waals surface area contributed by atoms with Gasteiger partial charge in [-0.2, -0.15) is 0 Å². The Morgan fingerprint density at radius 1 is 1.20 bits per heavy atom. The zero-order valence-electron chi connectivity index (χ0n) is 13.6. The number of aromatic amines is 1. The van der Waals surface area contributed by atoms with Gasteiger partial charge in [0.25, 0.3) is 0 Å². The predicted molar refractivity (Wildman–Crippen MR) is 97.9 cm³/mol. The number of aromatic nitrogens is 2. The molecule has 0 radical (unpaired) electrons. The molecule has 0 saturated carbocycles. The molecule has 6 nitrogen and oxygen atoms in total. The Morgan fingerprint density at radius 2 is 2.04 bits per heavy atom. The maximum Gasteiger partial charge on any atom is 0.233 e. The van der Waals surface area contributed by atoms with Crippen LogP contribution >= 0.6 is 0 Å². The highest BCUT2D eigenvalue weighted by Gasteiger charge is 2.23. The first-order chi connectivity index (χ1) is 12.1. The minimum Gasteiger partial charge on any atom is -0.381 e. The summed E-state index contributed by atoms with van der Waals surface area (Å²) in [5.74, 6) is 0.179. The highest BCUT2D eigenvalue weighted by atomic mass is 32.2. The third kappa shape index (κ3) is 3.52. The van der Waals surface area contributed by atoms with Gasteiger partial charge in [-0.3, -0.25) is 4.72 Å². The highest BCUT2D eigenvalue weighted by molar-refractivity contribution is 7.92. The number of nitrogens with zero attached hydrogens (tertiary/aromatic N) is 1. The summed E-state index contributed by atoms with van der Waals surface area (Å²) in [6.45, 7) is 1.17. The van der Waals surface area contributed by atoms with E-state index in [1.54, 1.807) is 18.3 Å². The molecule has 1 saturated heterocycles. The Morgan fingerprint density at radius 3 is 2.80 bits per heavy atom. The molecule has 1 atom stereocenters. The molecule has 0 aliphatic carbocycles. The maximum absolute atomic E-state index is 12.3. The van der Waals surface area contributed by atoms with E-state index in [1.807, 2.05) is 30.5 Å². The Bertz CT molecular complexity index is 974. The Kier molecular flexibility index (Phi) is 4.19. The van der Waals surface area contributed by atoms with Crippen molar-refractivity contribution in [1.82, 2.24) is 9.97 Å². The van der Waals surface area contributed by atoms with Gasteiger partial charge < -0.3 is 9.72 Å². The van der Waals surface area contributed by atoms with E-state index in [0.29, 0.717) is 18.9 Å². The van der Waals surface area contributed by atoms with Crippen molar-refractivity contribution in [1.29, 1.82) is 0 Å². The minimum absolute atomic E-state index is 0.0791. The molecule has 3 aromatic rings. The van der Waals surface area contributed by atoms with E-state index in [2.05, 4.69) is 14.7 Å². The van der Waals surface area contributed by atoms with E-state index in [0.717, 1.165) is 28.6 Å². The number of nitrogens with one attached hydrogen (secondary N) is 2. The summed E-state index contributed by atoms with van der Waals surface area (Å²) in [4.78, 5) is 7.38. The van der Waals surface area contributed by atoms with E-state index in [1.165, 1.54) is 0 Å². The topological polar surface area (TPSA) is 84.1 Å². The van der Waals surface area contributed by atoms with E-state index in [4.69, 9.17) is 4.74 Å². The zero-order chi connectivity index (χ0) is 17.3. The lowest BCUT2D eigenvalue weighted by atomic mass is 10.0. The molecular formula is C18H19N3O3S. The van der Waals surface area contributed by atoms with Crippen LogP contribution in [0.2, 0.25) is 0 Å². The van der Waals surface area contributed by atoms with Crippen LogP contribution in [0.25, 0.3) is 22.2 Å². The van der Waals surface area contributed by atoms with Gasteiger partial charge in [-0.1, -0.05) is 12.1 Å². The van der Waals surface area contributed by atoms with Crippen molar-refractivity contribution in [2.24, 2.45) is 5.92 Å². The predicted octanol–water partition coefficient (Wildman–Crippen LogP) is 3.01. The van der Waals surface area contributed by atoms with E-state index >= 15 is 0 Å². The van der Waals surface area contributed by atoms with Crippen molar-refractivity contribution >= 4 is 26.7 Å². The van der Waals surface area contributed by atoms with Crippen molar-refractivity contribution in [2.45, 2.75) is 6.42 Å². The molecule has 2 aromatic heterocycles. The normalized spacial score (nSPS) is 17.8. The molecule has 1 aliphatic rings. The number of H-pyrrole nitrogens is 1. The number of anilines is 1. The fourth-order valence-electron chi connectivity index (χ4n) is 3.18. The lowest BCUT2D eigenvalue weighted by Crippen LogP contribution is -2.22. The molecule has 3 heterocycles. The average molecular weight is 357 g/mol. The molecule has 4 rings (SSSR count). The van der Waals surface area contributed by atoms with Crippen LogP contribution in [0.3, 0.4) is 0 Å². The number of hydrogen-bond donors (Lipinski definition) is 2.